The lowest BCUT2D eigenvalue weighted by atomic mass is 9.95. The quantitative estimate of drug-likeness (QED) is 0.369. The fourth-order valence-corrected chi connectivity index (χ4v) is 3.83. The molecule has 0 amide bonds. The van der Waals surface area contributed by atoms with Gasteiger partial charge in [0, 0.05) is 11.6 Å². The first-order valence-electron chi connectivity index (χ1n) is 9.95. The SMILES string of the molecule is CCOc1cc(-c2cc3ccccc3c3ccccc23)nc(-c2ccccc2O)n1. The van der Waals surface area contributed by atoms with Crippen LogP contribution in [0.25, 0.3) is 44.2 Å². The van der Waals surface area contributed by atoms with Crippen LogP contribution in [0.5, 0.6) is 11.6 Å². The van der Waals surface area contributed by atoms with Crippen molar-refractivity contribution >= 4 is 21.5 Å². The highest BCUT2D eigenvalue weighted by Crippen LogP contribution is 2.36. The van der Waals surface area contributed by atoms with E-state index in [1.165, 1.54) is 10.8 Å². The molecule has 1 heterocycles. The minimum atomic E-state index is 0.139. The van der Waals surface area contributed by atoms with E-state index in [0.717, 1.165) is 22.0 Å². The average Bonchev–Trinajstić information content (AvgIpc) is 2.79. The van der Waals surface area contributed by atoms with E-state index in [9.17, 15) is 5.11 Å². The zero-order valence-corrected chi connectivity index (χ0v) is 16.5. The topological polar surface area (TPSA) is 55.2 Å². The first-order valence-corrected chi connectivity index (χ1v) is 9.95. The van der Waals surface area contributed by atoms with Crippen molar-refractivity contribution in [2.75, 3.05) is 6.61 Å². The maximum absolute atomic E-state index is 10.3. The van der Waals surface area contributed by atoms with Crippen LogP contribution in [0.1, 0.15) is 6.92 Å². The van der Waals surface area contributed by atoms with Crippen molar-refractivity contribution in [3.05, 3.63) is 84.9 Å². The van der Waals surface area contributed by atoms with Gasteiger partial charge in [-0.05, 0) is 46.7 Å². The number of benzene rings is 4. The number of ether oxygens (including phenoxy) is 1. The Hall–Kier alpha value is -3.92. The van der Waals surface area contributed by atoms with Crippen molar-refractivity contribution in [2.24, 2.45) is 0 Å². The van der Waals surface area contributed by atoms with E-state index in [2.05, 4.69) is 47.4 Å². The second kappa shape index (κ2) is 7.48. The largest absolute Gasteiger partial charge is 0.507 e. The molecule has 0 aliphatic rings. The summed E-state index contributed by atoms with van der Waals surface area (Å²) in [6, 6.07) is 27.8. The maximum Gasteiger partial charge on any atom is 0.217 e. The summed E-state index contributed by atoms with van der Waals surface area (Å²) in [6.07, 6.45) is 0. The van der Waals surface area contributed by atoms with Gasteiger partial charge in [0.2, 0.25) is 5.88 Å². The third-order valence-electron chi connectivity index (χ3n) is 5.18. The molecule has 0 aliphatic heterocycles. The normalized spacial score (nSPS) is 11.1. The molecule has 5 aromatic rings. The van der Waals surface area contributed by atoms with Gasteiger partial charge in [0.25, 0.3) is 0 Å². The van der Waals surface area contributed by atoms with Crippen molar-refractivity contribution in [1.82, 2.24) is 9.97 Å². The predicted molar refractivity (Wildman–Crippen MR) is 121 cm³/mol. The first kappa shape index (κ1) is 18.1. The standard InChI is InChI=1S/C26H20N2O2/c1-2-30-25-16-23(27-26(28-25)21-13-7-8-14-24(21)29)22-15-17-9-3-4-10-18(17)19-11-5-6-12-20(19)22/h3-16,29H,2H2,1H3. The Labute approximate surface area is 174 Å². The number of fused-ring (bicyclic) bond motifs is 3. The molecule has 146 valence electrons. The molecule has 1 aromatic heterocycles. The minimum absolute atomic E-state index is 0.139. The molecule has 0 spiro atoms. The van der Waals surface area contributed by atoms with E-state index in [-0.39, 0.29) is 5.75 Å². The van der Waals surface area contributed by atoms with E-state index in [1.807, 2.05) is 37.3 Å². The summed E-state index contributed by atoms with van der Waals surface area (Å²) < 4.78 is 5.74. The summed E-state index contributed by atoms with van der Waals surface area (Å²) in [5, 5.41) is 15.0. The molecule has 5 rings (SSSR count). The Balaban J connectivity index is 1.81. The van der Waals surface area contributed by atoms with Gasteiger partial charge in [-0.1, -0.05) is 60.7 Å². The van der Waals surface area contributed by atoms with Gasteiger partial charge < -0.3 is 9.84 Å². The first-order chi connectivity index (χ1) is 14.7. The molecule has 0 unspecified atom stereocenters. The van der Waals surface area contributed by atoms with E-state index >= 15 is 0 Å². The lowest BCUT2D eigenvalue weighted by Crippen LogP contribution is -2.00. The molecule has 4 aromatic carbocycles. The fraction of sp³-hybridized carbons (Fsp3) is 0.0769. The van der Waals surface area contributed by atoms with E-state index in [0.29, 0.717) is 23.9 Å². The van der Waals surface area contributed by atoms with Gasteiger partial charge in [0.1, 0.15) is 5.75 Å². The van der Waals surface area contributed by atoms with Gasteiger partial charge >= 0.3 is 0 Å². The summed E-state index contributed by atoms with van der Waals surface area (Å²) >= 11 is 0. The molecular weight excluding hydrogens is 372 g/mol. The second-order valence-electron chi connectivity index (χ2n) is 7.06. The van der Waals surface area contributed by atoms with Gasteiger partial charge in [0.15, 0.2) is 5.82 Å². The van der Waals surface area contributed by atoms with E-state index in [1.54, 1.807) is 12.1 Å². The Kier molecular flexibility index (Phi) is 4.52. The third-order valence-corrected chi connectivity index (χ3v) is 5.18. The number of phenolic OH excluding ortho intramolecular Hbond substituents is 1. The zero-order chi connectivity index (χ0) is 20.5. The number of para-hydroxylation sites is 1. The van der Waals surface area contributed by atoms with Crippen LogP contribution in [0.3, 0.4) is 0 Å². The van der Waals surface area contributed by atoms with Crippen LogP contribution in [0, 0.1) is 0 Å². The minimum Gasteiger partial charge on any atom is -0.507 e. The fourth-order valence-electron chi connectivity index (χ4n) is 3.83. The van der Waals surface area contributed by atoms with Crippen molar-refractivity contribution in [1.29, 1.82) is 0 Å². The zero-order valence-electron chi connectivity index (χ0n) is 16.5. The summed E-state index contributed by atoms with van der Waals surface area (Å²) in [7, 11) is 0. The van der Waals surface area contributed by atoms with Crippen LogP contribution >= 0.6 is 0 Å². The Bertz CT molecular complexity index is 1380. The molecule has 0 fully saturated rings. The van der Waals surface area contributed by atoms with Crippen LogP contribution in [0.15, 0.2) is 84.9 Å². The summed E-state index contributed by atoms with van der Waals surface area (Å²) in [5.41, 5.74) is 2.34. The number of rotatable bonds is 4. The lowest BCUT2D eigenvalue weighted by Gasteiger charge is -2.13. The number of nitrogens with zero attached hydrogens (tertiary/aromatic N) is 2. The molecule has 0 atom stereocenters. The van der Waals surface area contributed by atoms with Crippen LogP contribution in [0.4, 0.5) is 0 Å². The van der Waals surface area contributed by atoms with Crippen molar-refractivity contribution < 1.29 is 9.84 Å². The highest BCUT2D eigenvalue weighted by molar-refractivity contribution is 6.13. The van der Waals surface area contributed by atoms with Gasteiger partial charge in [-0.2, -0.15) is 4.98 Å². The van der Waals surface area contributed by atoms with Crippen molar-refractivity contribution in [3.63, 3.8) is 0 Å². The Morgan fingerprint density at radius 2 is 1.43 bits per heavy atom. The number of aromatic nitrogens is 2. The highest BCUT2D eigenvalue weighted by Gasteiger charge is 2.15. The third kappa shape index (κ3) is 3.12. The van der Waals surface area contributed by atoms with Crippen LogP contribution in [0.2, 0.25) is 0 Å². The average molecular weight is 392 g/mol. The lowest BCUT2D eigenvalue weighted by molar-refractivity contribution is 0.327. The highest BCUT2D eigenvalue weighted by atomic mass is 16.5. The van der Waals surface area contributed by atoms with E-state index in [4.69, 9.17) is 9.72 Å². The molecule has 4 nitrogen and oxygen atoms in total. The van der Waals surface area contributed by atoms with Crippen molar-refractivity contribution in [3.8, 4) is 34.3 Å². The maximum atomic E-state index is 10.3. The van der Waals surface area contributed by atoms with Gasteiger partial charge in [-0.15, -0.1) is 0 Å². The van der Waals surface area contributed by atoms with Gasteiger partial charge in [0.05, 0.1) is 17.9 Å². The number of hydrogen-bond acceptors (Lipinski definition) is 4. The molecule has 0 radical (unpaired) electrons. The monoisotopic (exact) mass is 392 g/mol. The van der Waals surface area contributed by atoms with Gasteiger partial charge in [-0.3, -0.25) is 0 Å². The summed E-state index contributed by atoms with van der Waals surface area (Å²) in [4.78, 5) is 9.35. The molecule has 4 heteroatoms. The Morgan fingerprint density at radius 3 is 2.23 bits per heavy atom. The smallest absolute Gasteiger partial charge is 0.217 e. The van der Waals surface area contributed by atoms with Gasteiger partial charge in [-0.25, -0.2) is 4.98 Å². The predicted octanol–water partition coefficient (Wildman–Crippen LogP) is 6.22. The molecular formula is C26H20N2O2. The molecule has 1 N–H and O–H groups in total. The number of phenols is 1. The van der Waals surface area contributed by atoms with E-state index < -0.39 is 0 Å². The van der Waals surface area contributed by atoms with Crippen LogP contribution in [-0.2, 0) is 0 Å². The second-order valence-corrected chi connectivity index (χ2v) is 7.06. The number of aromatic hydroxyl groups is 1. The summed E-state index contributed by atoms with van der Waals surface area (Å²) in [5.74, 6) is 1.06. The molecule has 30 heavy (non-hydrogen) atoms. The van der Waals surface area contributed by atoms with Crippen molar-refractivity contribution in [2.45, 2.75) is 6.92 Å². The molecule has 0 saturated carbocycles. The molecule has 0 aliphatic carbocycles. The Morgan fingerprint density at radius 1 is 0.733 bits per heavy atom. The van der Waals surface area contributed by atoms with Crippen LogP contribution < -0.4 is 4.74 Å². The number of hydrogen-bond donors (Lipinski definition) is 1. The molecule has 0 bridgehead atoms. The molecule has 0 saturated heterocycles. The summed E-state index contributed by atoms with van der Waals surface area (Å²) in [6.45, 7) is 2.42. The van der Waals surface area contributed by atoms with Crippen LogP contribution in [-0.4, -0.2) is 21.7 Å².